The summed E-state index contributed by atoms with van der Waals surface area (Å²) in [4.78, 5) is 0. The maximum Gasteiger partial charge on any atom is 0.119 e. The zero-order valence-corrected chi connectivity index (χ0v) is 8.14. The Morgan fingerprint density at radius 1 is 1.36 bits per heavy atom. The van der Waals surface area contributed by atoms with Crippen LogP contribution in [0.25, 0.3) is 0 Å². The van der Waals surface area contributed by atoms with E-state index in [-0.39, 0.29) is 6.61 Å². The maximum atomic E-state index is 9.15. The first kappa shape index (κ1) is 10.6. The van der Waals surface area contributed by atoms with Gasteiger partial charge in [-0.2, -0.15) is 0 Å². The molecule has 0 amide bonds. The fraction of sp³-hybridized carbons (Fsp3) is 0.273. The Morgan fingerprint density at radius 3 is 2.43 bits per heavy atom. The topological polar surface area (TPSA) is 38.7 Å². The second-order valence-corrected chi connectivity index (χ2v) is 2.79. The van der Waals surface area contributed by atoms with Crippen LogP contribution in [0.3, 0.4) is 0 Å². The SMILES string of the molecule is C=C[C@@H](O)COc1ccc(OC)cc1. The van der Waals surface area contributed by atoms with Gasteiger partial charge in [0.1, 0.15) is 24.2 Å². The van der Waals surface area contributed by atoms with Gasteiger partial charge in [-0.1, -0.05) is 6.08 Å². The fourth-order valence-electron chi connectivity index (χ4n) is 0.922. The van der Waals surface area contributed by atoms with E-state index in [1.807, 2.05) is 0 Å². The van der Waals surface area contributed by atoms with Crippen LogP contribution in [-0.2, 0) is 0 Å². The fourth-order valence-corrected chi connectivity index (χ4v) is 0.922. The molecule has 14 heavy (non-hydrogen) atoms. The molecule has 1 aromatic rings. The van der Waals surface area contributed by atoms with Gasteiger partial charge in [0.2, 0.25) is 0 Å². The summed E-state index contributed by atoms with van der Waals surface area (Å²) in [7, 11) is 1.61. The third kappa shape index (κ3) is 3.11. The minimum Gasteiger partial charge on any atom is -0.497 e. The Morgan fingerprint density at radius 2 is 1.93 bits per heavy atom. The number of hydrogen-bond donors (Lipinski definition) is 1. The third-order valence-electron chi connectivity index (χ3n) is 1.75. The highest BCUT2D eigenvalue weighted by molar-refractivity contribution is 5.31. The van der Waals surface area contributed by atoms with Crippen LogP contribution in [0.5, 0.6) is 11.5 Å². The van der Waals surface area contributed by atoms with Crippen molar-refractivity contribution in [3.05, 3.63) is 36.9 Å². The molecule has 0 aliphatic carbocycles. The number of rotatable bonds is 5. The molecule has 0 saturated heterocycles. The quantitative estimate of drug-likeness (QED) is 0.724. The van der Waals surface area contributed by atoms with Crippen molar-refractivity contribution in [3.63, 3.8) is 0 Å². The Kier molecular flexibility index (Phi) is 4.01. The van der Waals surface area contributed by atoms with Crippen molar-refractivity contribution in [2.75, 3.05) is 13.7 Å². The Hall–Kier alpha value is -1.48. The molecule has 0 aromatic heterocycles. The van der Waals surface area contributed by atoms with Gasteiger partial charge in [-0.3, -0.25) is 0 Å². The maximum absolute atomic E-state index is 9.15. The number of ether oxygens (including phenoxy) is 2. The first-order valence-electron chi connectivity index (χ1n) is 4.33. The molecule has 0 radical (unpaired) electrons. The minimum atomic E-state index is -0.628. The summed E-state index contributed by atoms with van der Waals surface area (Å²) < 4.78 is 10.3. The molecule has 0 bridgehead atoms. The summed E-state index contributed by atoms with van der Waals surface area (Å²) in [6, 6.07) is 7.18. The summed E-state index contributed by atoms with van der Waals surface area (Å²) in [5, 5.41) is 9.15. The van der Waals surface area contributed by atoms with E-state index >= 15 is 0 Å². The van der Waals surface area contributed by atoms with Crippen LogP contribution in [0.1, 0.15) is 0 Å². The summed E-state index contributed by atoms with van der Waals surface area (Å²) in [5.41, 5.74) is 0. The lowest BCUT2D eigenvalue weighted by Crippen LogP contribution is -2.13. The lowest BCUT2D eigenvalue weighted by molar-refractivity contribution is 0.145. The van der Waals surface area contributed by atoms with Crippen molar-refractivity contribution in [2.45, 2.75) is 6.10 Å². The smallest absolute Gasteiger partial charge is 0.119 e. The molecule has 0 saturated carbocycles. The molecule has 1 aromatic carbocycles. The summed E-state index contributed by atoms with van der Waals surface area (Å²) in [6.07, 6.45) is 0.806. The number of hydrogen-bond acceptors (Lipinski definition) is 3. The second kappa shape index (κ2) is 5.29. The monoisotopic (exact) mass is 194 g/mol. The standard InChI is InChI=1S/C11H14O3/c1-3-9(12)8-14-11-6-4-10(13-2)5-7-11/h3-7,9,12H,1,8H2,2H3/t9-/m1/s1. The summed E-state index contributed by atoms with van der Waals surface area (Å²) >= 11 is 0. The minimum absolute atomic E-state index is 0.218. The molecule has 3 heteroatoms. The van der Waals surface area contributed by atoms with Crippen molar-refractivity contribution in [2.24, 2.45) is 0 Å². The largest absolute Gasteiger partial charge is 0.497 e. The number of benzene rings is 1. The van der Waals surface area contributed by atoms with E-state index in [1.54, 1.807) is 31.4 Å². The van der Waals surface area contributed by atoms with Gasteiger partial charge in [0.05, 0.1) is 7.11 Å². The highest BCUT2D eigenvalue weighted by Gasteiger charge is 1.99. The first-order valence-corrected chi connectivity index (χ1v) is 4.33. The van der Waals surface area contributed by atoms with Crippen molar-refractivity contribution in [3.8, 4) is 11.5 Å². The molecule has 0 heterocycles. The van der Waals surface area contributed by atoms with Gasteiger partial charge in [0.25, 0.3) is 0 Å². The van der Waals surface area contributed by atoms with E-state index < -0.39 is 6.10 Å². The van der Waals surface area contributed by atoms with Crippen molar-refractivity contribution >= 4 is 0 Å². The number of aliphatic hydroxyl groups excluding tert-OH is 1. The van der Waals surface area contributed by atoms with Crippen LogP contribution in [0.15, 0.2) is 36.9 Å². The summed E-state index contributed by atoms with van der Waals surface area (Å²) in [6.45, 7) is 3.67. The molecular formula is C11H14O3. The van der Waals surface area contributed by atoms with Crippen LogP contribution in [0.2, 0.25) is 0 Å². The molecule has 0 aliphatic rings. The van der Waals surface area contributed by atoms with Crippen molar-refractivity contribution in [1.29, 1.82) is 0 Å². The van der Waals surface area contributed by atoms with Gasteiger partial charge in [-0.25, -0.2) is 0 Å². The molecule has 0 unspecified atom stereocenters. The van der Waals surface area contributed by atoms with Gasteiger partial charge >= 0.3 is 0 Å². The van der Waals surface area contributed by atoms with Crippen LogP contribution < -0.4 is 9.47 Å². The van der Waals surface area contributed by atoms with Crippen molar-refractivity contribution in [1.82, 2.24) is 0 Å². The van der Waals surface area contributed by atoms with E-state index in [1.165, 1.54) is 6.08 Å². The molecule has 76 valence electrons. The van der Waals surface area contributed by atoms with Crippen LogP contribution >= 0.6 is 0 Å². The van der Waals surface area contributed by atoms with Crippen molar-refractivity contribution < 1.29 is 14.6 Å². The van der Waals surface area contributed by atoms with E-state index in [2.05, 4.69) is 6.58 Å². The average molecular weight is 194 g/mol. The molecule has 0 fully saturated rings. The zero-order chi connectivity index (χ0) is 10.4. The van der Waals surface area contributed by atoms with Gasteiger partial charge in [0.15, 0.2) is 0 Å². The van der Waals surface area contributed by atoms with Gasteiger partial charge in [0, 0.05) is 0 Å². The zero-order valence-electron chi connectivity index (χ0n) is 8.14. The Labute approximate surface area is 83.6 Å². The highest BCUT2D eigenvalue weighted by Crippen LogP contribution is 2.16. The molecule has 1 atom stereocenters. The Bertz CT molecular complexity index is 279. The number of methoxy groups -OCH3 is 1. The van der Waals surface area contributed by atoms with Gasteiger partial charge < -0.3 is 14.6 Å². The number of aliphatic hydroxyl groups is 1. The normalized spacial score (nSPS) is 11.9. The molecule has 0 spiro atoms. The third-order valence-corrected chi connectivity index (χ3v) is 1.75. The van der Waals surface area contributed by atoms with E-state index in [0.29, 0.717) is 5.75 Å². The highest BCUT2D eigenvalue weighted by atomic mass is 16.5. The predicted molar refractivity (Wildman–Crippen MR) is 54.7 cm³/mol. The average Bonchev–Trinajstić information content (AvgIpc) is 2.26. The molecule has 1 N–H and O–H groups in total. The first-order chi connectivity index (χ1) is 6.76. The molecular weight excluding hydrogens is 180 g/mol. The van der Waals surface area contributed by atoms with E-state index in [9.17, 15) is 0 Å². The van der Waals surface area contributed by atoms with Gasteiger partial charge in [-0.15, -0.1) is 6.58 Å². The Balaban J connectivity index is 2.47. The summed E-state index contributed by atoms with van der Waals surface area (Å²) in [5.74, 6) is 1.48. The van der Waals surface area contributed by atoms with E-state index in [4.69, 9.17) is 14.6 Å². The van der Waals surface area contributed by atoms with E-state index in [0.717, 1.165) is 5.75 Å². The predicted octanol–water partition coefficient (Wildman–Crippen LogP) is 1.62. The van der Waals surface area contributed by atoms with Crippen LogP contribution in [0.4, 0.5) is 0 Å². The lowest BCUT2D eigenvalue weighted by atomic mass is 10.3. The van der Waals surface area contributed by atoms with Crippen LogP contribution in [-0.4, -0.2) is 24.9 Å². The lowest BCUT2D eigenvalue weighted by Gasteiger charge is -2.08. The van der Waals surface area contributed by atoms with Crippen LogP contribution in [0, 0.1) is 0 Å². The molecule has 3 nitrogen and oxygen atoms in total. The second-order valence-electron chi connectivity index (χ2n) is 2.79. The molecule has 0 aliphatic heterocycles. The van der Waals surface area contributed by atoms with Gasteiger partial charge in [-0.05, 0) is 24.3 Å². The molecule has 1 rings (SSSR count).